The molecule has 0 atom stereocenters. The number of carbonyl (C=O) groups is 2. The first-order valence-electron chi connectivity index (χ1n) is 4.81. The molecular formula is C11H19O4Ti-. The molecule has 16 heavy (non-hydrogen) atoms. The summed E-state index contributed by atoms with van der Waals surface area (Å²) in [6, 6.07) is 0. The van der Waals surface area contributed by atoms with Crippen LogP contribution in [0.5, 0.6) is 0 Å². The average molecular weight is 263 g/mol. The monoisotopic (exact) mass is 263 g/mol. The van der Waals surface area contributed by atoms with E-state index in [1.54, 1.807) is 20.8 Å². The van der Waals surface area contributed by atoms with Gasteiger partial charge < -0.3 is 15.0 Å². The molecule has 0 radical (unpaired) electrons. The third-order valence-corrected chi connectivity index (χ3v) is 2.41. The van der Waals surface area contributed by atoms with Gasteiger partial charge in [0.25, 0.3) is 0 Å². The maximum absolute atomic E-state index is 11.6. The minimum atomic E-state index is -1.37. The molecule has 0 unspecified atom stereocenters. The van der Waals surface area contributed by atoms with Crippen molar-refractivity contribution in [1.82, 2.24) is 0 Å². The van der Waals surface area contributed by atoms with Crippen molar-refractivity contribution in [2.24, 2.45) is 10.8 Å². The normalized spacial score (nSPS) is 12.2. The molecule has 0 aromatic heterocycles. The Labute approximate surface area is 111 Å². The number of carbonyl (C=O) groups excluding carboxylic acids is 2. The molecule has 5 heteroatoms. The molecule has 0 bridgehead atoms. The van der Waals surface area contributed by atoms with Crippen LogP contribution in [0.25, 0.3) is 0 Å². The van der Waals surface area contributed by atoms with E-state index in [1.165, 1.54) is 13.8 Å². The molecule has 0 fully saturated rings. The molecule has 0 aromatic rings. The number of rotatable bonds is 4. The Morgan fingerprint density at radius 3 is 1.62 bits per heavy atom. The van der Waals surface area contributed by atoms with Crippen molar-refractivity contribution in [2.45, 2.75) is 41.0 Å². The Kier molecular flexibility index (Phi) is 6.94. The molecule has 0 aliphatic rings. The van der Waals surface area contributed by atoms with E-state index in [9.17, 15) is 9.59 Å². The molecule has 0 saturated carbocycles. The van der Waals surface area contributed by atoms with Gasteiger partial charge in [-0.1, -0.05) is 46.3 Å². The molecule has 0 amide bonds. The molecule has 4 nitrogen and oxygen atoms in total. The zero-order valence-corrected chi connectivity index (χ0v) is 12.0. The van der Waals surface area contributed by atoms with E-state index in [0.29, 0.717) is 0 Å². The molecule has 0 heterocycles. The number of ketones is 2. The fourth-order valence-electron chi connectivity index (χ4n) is 0.757. The first-order chi connectivity index (χ1) is 6.49. The van der Waals surface area contributed by atoms with Gasteiger partial charge in [-0.2, -0.15) is 0 Å². The Morgan fingerprint density at radius 1 is 1.00 bits per heavy atom. The van der Waals surface area contributed by atoms with Crippen molar-refractivity contribution in [3.05, 3.63) is 6.29 Å². The van der Waals surface area contributed by atoms with Crippen LogP contribution in [0.1, 0.15) is 41.0 Å². The molecule has 0 spiro atoms. The van der Waals surface area contributed by atoms with Crippen LogP contribution in [0.3, 0.4) is 0 Å². The van der Waals surface area contributed by atoms with Crippen LogP contribution in [0.15, 0.2) is 0 Å². The zero-order chi connectivity index (χ0) is 12.4. The first kappa shape index (κ1) is 18.3. The van der Waals surface area contributed by atoms with Gasteiger partial charge in [0.15, 0.2) is 0 Å². The van der Waals surface area contributed by atoms with Crippen molar-refractivity contribution >= 4 is 11.6 Å². The molecule has 0 rings (SSSR count). The van der Waals surface area contributed by atoms with E-state index < -0.39 is 22.9 Å². The van der Waals surface area contributed by atoms with Crippen LogP contribution in [0.4, 0.5) is 0 Å². The third-order valence-electron chi connectivity index (χ3n) is 2.41. The number of aliphatic hydroxyl groups is 2. The fraction of sp³-hybridized carbons (Fsp3) is 0.727. The van der Waals surface area contributed by atoms with Crippen molar-refractivity contribution in [1.29, 1.82) is 0 Å². The zero-order valence-electron chi connectivity index (χ0n) is 10.4. The van der Waals surface area contributed by atoms with Crippen molar-refractivity contribution in [2.75, 3.05) is 0 Å². The second-order valence-electron chi connectivity index (χ2n) is 5.22. The molecule has 2 N–H and O–H groups in total. The summed E-state index contributed by atoms with van der Waals surface area (Å²) in [7, 11) is 0. The maximum atomic E-state index is 11.6. The average Bonchev–Trinajstić information content (AvgIpc) is 2.01. The van der Waals surface area contributed by atoms with Crippen LogP contribution in [-0.2, 0) is 31.3 Å². The Balaban J connectivity index is 0. The summed E-state index contributed by atoms with van der Waals surface area (Å²) >= 11 is 0. The van der Waals surface area contributed by atoms with Gasteiger partial charge in [-0.3, -0.25) is 4.79 Å². The van der Waals surface area contributed by atoms with E-state index in [0.717, 1.165) is 0 Å². The van der Waals surface area contributed by atoms with E-state index in [4.69, 9.17) is 10.2 Å². The summed E-state index contributed by atoms with van der Waals surface area (Å²) in [5, 5.41) is 17.8. The molecule has 0 aliphatic carbocycles. The Morgan fingerprint density at radius 2 is 1.38 bits per heavy atom. The van der Waals surface area contributed by atoms with Crippen LogP contribution in [0.2, 0.25) is 0 Å². The summed E-state index contributed by atoms with van der Waals surface area (Å²) in [5.74, 6) is -0.691. The van der Waals surface area contributed by atoms with Gasteiger partial charge in [0.2, 0.25) is 0 Å². The summed E-state index contributed by atoms with van der Waals surface area (Å²) in [6.45, 7) is 7.91. The fourth-order valence-corrected chi connectivity index (χ4v) is 0.757. The minimum Gasteiger partial charge on any atom is -0.535 e. The van der Waals surface area contributed by atoms with Gasteiger partial charge in [-0.15, -0.1) is 0 Å². The number of aliphatic hydroxyl groups excluding tert-OH is 1. The number of Topliss-reactive ketones (excluding diaryl/α,β-unsaturated/α-hetero) is 2. The van der Waals surface area contributed by atoms with Gasteiger partial charge in [0.05, 0.1) is 6.42 Å². The van der Waals surface area contributed by atoms with E-state index in [2.05, 4.69) is 0 Å². The van der Waals surface area contributed by atoms with Gasteiger partial charge in [0, 0.05) is 27.1 Å². The van der Waals surface area contributed by atoms with Gasteiger partial charge >= 0.3 is 0 Å². The van der Waals surface area contributed by atoms with Crippen molar-refractivity contribution < 1.29 is 41.5 Å². The van der Waals surface area contributed by atoms with Crippen LogP contribution in [-0.4, -0.2) is 21.8 Å². The van der Waals surface area contributed by atoms with Crippen molar-refractivity contribution in [3.8, 4) is 0 Å². The molecule has 0 aromatic carbocycles. The van der Waals surface area contributed by atoms with Crippen molar-refractivity contribution in [3.63, 3.8) is 0 Å². The molecular weight excluding hydrogens is 244 g/mol. The Bertz CT molecular complexity index is 264. The van der Waals surface area contributed by atoms with Crippen LogP contribution < -0.4 is 0 Å². The quantitative estimate of drug-likeness (QED) is 0.461. The molecule has 0 saturated heterocycles. The SMILES string of the molecule is CC(C)(C)C(=O)CC(=O)C(C)(C)[C-](O)O.[Ti]. The van der Waals surface area contributed by atoms with Gasteiger partial charge in [-0.25, -0.2) is 0 Å². The predicted octanol–water partition coefficient (Wildman–Crippen LogP) is 1.82. The maximum Gasteiger partial charge on any atom is 0.145 e. The minimum absolute atomic E-state index is 0. The number of hydrogen-bond donors (Lipinski definition) is 2. The van der Waals surface area contributed by atoms with E-state index in [-0.39, 0.29) is 33.9 Å². The largest absolute Gasteiger partial charge is 0.535 e. The summed E-state index contributed by atoms with van der Waals surface area (Å²) in [5.41, 5.74) is -1.96. The van der Waals surface area contributed by atoms with E-state index in [1.807, 2.05) is 0 Å². The standard InChI is InChI=1S/C11H19O4.Ti/c1-10(2,3)7(12)6-8(13)11(4,5)9(14)15;/h14-15H,6H2,1-5H3;/q-1;. The second kappa shape index (κ2) is 6.06. The summed E-state index contributed by atoms with van der Waals surface area (Å²) in [4.78, 5) is 23.2. The third kappa shape index (κ3) is 4.87. The first-order valence-corrected chi connectivity index (χ1v) is 4.81. The second-order valence-corrected chi connectivity index (χ2v) is 5.22. The smallest absolute Gasteiger partial charge is 0.145 e. The van der Waals surface area contributed by atoms with Gasteiger partial charge in [-0.05, 0) is 0 Å². The summed E-state index contributed by atoms with van der Waals surface area (Å²) in [6.07, 6.45) is -1.23. The Hall–Kier alpha value is -0.0257. The van der Waals surface area contributed by atoms with Crippen LogP contribution >= 0.6 is 0 Å². The predicted molar refractivity (Wildman–Crippen MR) is 55.0 cm³/mol. The summed E-state index contributed by atoms with van der Waals surface area (Å²) < 4.78 is 0. The number of hydrogen-bond acceptors (Lipinski definition) is 4. The topological polar surface area (TPSA) is 74.6 Å². The molecule has 92 valence electrons. The van der Waals surface area contributed by atoms with E-state index >= 15 is 0 Å². The molecule has 0 aliphatic heterocycles. The van der Waals surface area contributed by atoms with Crippen LogP contribution in [0, 0.1) is 17.1 Å². The van der Waals surface area contributed by atoms with Gasteiger partial charge in [0.1, 0.15) is 11.6 Å².